The predicted molar refractivity (Wildman–Crippen MR) is 52.2 cm³/mol. The van der Waals surface area contributed by atoms with E-state index in [1.807, 2.05) is 0 Å². The van der Waals surface area contributed by atoms with Gasteiger partial charge in [-0.05, 0) is 6.07 Å². The van der Waals surface area contributed by atoms with Crippen molar-refractivity contribution in [1.82, 2.24) is 4.98 Å². The van der Waals surface area contributed by atoms with Crippen molar-refractivity contribution in [3.63, 3.8) is 0 Å². The van der Waals surface area contributed by atoms with E-state index >= 15 is 0 Å². The minimum Gasteiger partial charge on any atom is -0.391 e. The van der Waals surface area contributed by atoms with Gasteiger partial charge in [0.25, 0.3) is 0 Å². The molecule has 1 aliphatic rings. The standard InChI is InChI=1S/C9H8ClFN2O2/c10-5-1-7(11)9(12-3-5)13-4-6(14)2-8(13)15/h1,3,6,14H,2,4H2. The van der Waals surface area contributed by atoms with E-state index in [-0.39, 0.29) is 29.7 Å². The first-order valence-electron chi connectivity index (χ1n) is 4.37. The Kier molecular flexibility index (Phi) is 2.58. The molecule has 1 atom stereocenters. The van der Waals surface area contributed by atoms with Crippen LogP contribution < -0.4 is 4.90 Å². The Morgan fingerprint density at radius 3 is 2.93 bits per heavy atom. The Bertz CT molecular complexity index is 413. The summed E-state index contributed by atoms with van der Waals surface area (Å²) in [6.07, 6.45) is 0.510. The van der Waals surface area contributed by atoms with E-state index in [1.165, 1.54) is 6.20 Å². The maximum Gasteiger partial charge on any atom is 0.230 e. The third-order valence-electron chi connectivity index (χ3n) is 2.15. The van der Waals surface area contributed by atoms with Crippen LogP contribution in [0.15, 0.2) is 12.3 Å². The van der Waals surface area contributed by atoms with Gasteiger partial charge in [-0.3, -0.25) is 9.69 Å². The number of pyridine rings is 1. The SMILES string of the molecule is O=C1CC(O)CN1c1ncc(Cl)cc1F. The molecular formula is C9H8ClFN2O2. The number of halogens is 2. The summed E-state index contributed by atoms with van der Waals surface area (Å²) in [5.41, 5.74) is 0. The van der Waals surface area contributed by atoms with Crippen molar-refractivity contribution in [2.24, 2.45) is 0 Å². The van der Waals surface area contributed by atoms with Crippen molar-refractivity contribution in [1.29, 1.82) is 0 Å². The monoisotopic (exact) mass is 230 g/mol. The van der Waals surface area contributed by atoms with Crippen molar-refractivity contribution in [3.8, 4) is 0 Å². The second-order valence-electron chi connectivity index (χ2n) is 3.32. The van der Waals surface area contributed by atoms with E-state index < -0.39 is 11.9 Å². The van der Waals surface area contributed by atoms with Crippen LogP contribution in [0.3, 0.4) is 0 Å². The van der Waals surface area contributed by atoms with Crippen LogP contribution in [-0.4, -0.2) is 28.6 Å². The average Bonchev–Trinajstić information content (AvgIpc) is 2.45. The fraction of sp³-hybridized carbons (Fsp3) is 0.333. The molecule has 1 fully saturated rings. The molecule has 2 heterocycles. The van der Waals surface area contributed by atoms with Gasteiger partial charge in [0.2, 0.25) is 5.91 Å². The number of aromatic nitrogens is 1. The molecule has 0 aromatic carbocycles. The van der Waals surface area contributed by atoms with Crippen LogP contribution in [0.1, 0.15) is 6.42 Å². The van der Waals surface area contributed by atoms with Gasteiger partial charge in [-0.25, -0.2) is 9.37 Å². The van der Waals surface area contributed by atoms with Crippen molar-refractivity contribution < 1.29 is 14.3 Å². The summed E-state index contributed by atoms with van der Waals surface area (Å²) in [7, 11) is 0. The normalized spacial score (nSPS) is 21.1. The van der Waals surface area contributed by atoms with Crippen molar-refractivity contribution in [2.45, 2.75) is 12.5 Å². The number of aliphatic hydroxyl groups is 1. The molecule has 1 saturated heterocycles. The molecule has 0 aliphatic carbocycles. The summed E-state index contributed by atoms with van der Waals surface area (Å²) < 4.78 is 13.4. The van der Waals surface area contributed by atoms with Crippen LogP contribution in [0.25, 0.3) is 0 Å². The van der Waals surface area contributed by atoms with E-state index in [1.54, 1.807) is 0 Å². The fourth-order valence-corrected chi connectivity index (χ4v) is 1.64. The van der Waals surface area contributed by atoms with Crippen molar-refractivity contribution >= 4 is 23.3 Å². The highest BCUT2D eigenvalue weighted by molar-refractivity contribution is 6.30. The summed E-state index contributed by atoms with van der Waals surface area (Å²) in [6.45, 7) is 0.0738. The quantitative estimate of drug-likeness (QED) is 0.782. The van der Waals surface area contributed by atoms with Gasteiger partial charge in [0.1, 0.15) is 0 Å². The van der Waals surface area contributed by atoms with Crippen LogP contribution in [0.2, 0.25) is 5.02 Å². The van der Waals surface area contributed by atoms with Gasteiger partial charge in [-0.15, -0.1) is 0 Å². The molecule has 1 aromatic rings. The highest BCUT2D eigenvalue weighted by Crippen LogP contribution is 2.24. The summed E-state index contributed by atoms with van der Waals surface area (Å²) >= 11 is 5.53. The number of nitrogens with zero attached hydrogens (tertiary/aromatic N) is 2. The van der Waals surface area contributed by atoms with Gasteiger partial charge < -0.3 is 5.11 Å². The largest absolute Gasteiger partial charge is 0.391 e. The molecule has 15 heavy (non-hydrogen) atoms. The van der Waals surface area contributed by atoms with Crippen molar-refractivity contribution in [3.05, 3.63) is 23.1 Å². The van der Waals surface area contributed by atoms with Crippen LogP contribution in [0, 0.1) is 5.82 Å². The number of rotatable bonds is 1. The molecule has 0 saturated carbocycles. The first-order valence-corrected chi connectivity index (χ1v) is 4.75. The third-order valence-corrected chi connectivity index (χ3v) is 2.36. The van der Waals surface area contributed by atoms with E-state index in [4.69, 9.17) is 11.6 Å². The molecule has 0 radical (unpaired) electrons. The zero-order chi connectivity index (χ0) is 11.0. The maximum absolute atomic E-state index is 13.4. The number of carbonyl (C=O) groups excluding carboxylic acids is 1. The van der Waals surface area contributed by atoms with Gasteiger partial charge >= 0.3 is 0 Å². The Labute approximate surface area is 90.3 Å². The number of hydrogen-bond acceptors (Lipinski definition) is 3. The van der Waals surface area contributed by atoms with Crippen LogP contribution >= 0.6 is 11.6 Å². The van der Waals surface area contributed by atoms with Gasteiger partial charge in [0, 0.05) is 6.20 Å². The molecule has 2 rings (SSSR count). The van der Waals surface area contributed by atoms with Gasteiger partial charge in [0.15, 0.2) is 11.6 Å². The number of anilines is 1. The maximum atomic E-state index is 13.4. The number of hydrogen-bond donors (Lipinski definition) is 1. The van der Waals surface area contributed by atoms with E-state index in [0.29, 0.717) is 0 Å². The number of carbonyl (C=O) groups is 1. The predicted octanol–water partition coefficient (Wildman–Crippen LogP) is 0.972. The molecule has 0 bridgehead atoms. The summed E-state index contributed by atoms with van der Waals surface area (Å²) in [6, 6.07) is 1.09. The highest BCUT2D eigenvalue weighted by atomic mass is 35.5. The van der Waals surface area contributed by atoms with E-state index in [2.05, 4.69) is 4.98 Å². The Morgan fingerprint density at radius 2 is 2.40 bits per heavy atom. The Morgan fingerprint density at radius 1 is 1.67 bits per heavy atom. The second kappa shape index (κ2) is 3.75. The number of aliphatic hydroxyl groups excluding tert-OH is 1. The second-order valence-corrected chi connectivity index (χ2v) is 3.76. The molecule has 0 spiro atoms. The minimum atomic E-state index is -0.755. The van der Waals surface area contributed by atoms with Gasteiger partial charge in [-0.1, -0.05) is 11.6 Å². The number of amides is 1. The molecule has 1 aliphatic heterocycles. The third kappa shape index (κ3) is 1.93. The molecule has 1 aromatic heterocycles. The van der Waals surface area contributed by atoms with Gasteiger partial charge in [-0.2, -0.15) is 0 Å². The zero-order valence-corrected chi connectivity index (χ0v) is 8.41. The molecular weight excluding hydrogens is 223 g/mol. The van der Waals surface area contributed by atoms with Gasteiger partial charge in [0.05, 0.1) is 24.1 Å². The summed E-state index contributed by atoms with van der Waals surface area (Å²) in [4.78, 5) is 16.2. The summed E-state index contributed by atoms with van der Waals surface area (Å²) in [5, 5.41) is 9.41. The smallest absolute Gasteiger partial charge is 0.230 e. The number of β-amino-alcohol motifs (C(OH)–C–C–N with tert-alkyl or cyclic N) is 1. The molecule has 6 heteroatoms. The lowest BCUT2D eigenvalue weighted by atomic mass is 10.3. The lowest BCUT2D eigenvalue weighted by Gasteiger charge is -2.14. The summed E-state index contributed by atoms with van der Waals surface area (Å²) in [5.74, 6) is -1.08. The van der Waals surface area contributed by atoms with Crippen LogP contribution in [0.4, 0.5) is 10.2 Å². The zero-order valence-electron chi connectivity index (χ0n) is 7.65. The van der Waals surface area contributed by atoms with E-state index in [0.717, 1.165) is 11.0 Å². The minimum absolute atomic E-state index is 0.00372. The topological polar surface area (TPSA) is 53.4 Å². The highest BCUT2D eigenvalue weighted by Gasteiger charge is 2.31. The first-order chi connectivity index (χ1) is 7.08. The fourth-order valence-electron chi connectivity index (χ4n) is 1.50. The van der Waals surface area contributed by atoms with E-state index in [9.17, 15) is 14.3 Å². The molecule has 80 valence electrons. The Hall–Kier alpha value is -1.20. The lowest BCUT2D eigenvalue weighted by Crippen LogP contribution is -2.27. The Balaban J connectivity index is 2.34. The molecule has 1 unspecified atom stereocenters. The molecule has 1 amide bonds. The van der Waals surface area contributed by atoms with Crippen molar-refractivity contribution in [2.75, 3.05) is 11.4 Å². The molecule has 1 N–H and O–H groups in total. The lowest BCUT2D eigenvalue weighted by molar-refractivity contribution is -0.117. The first kappa shape index (κ1) is 10.3. The van der Waals surface area contributed by atoms with Crippen LogP contribution in [-0.2, 0) is 4.79 Å². The van der Waals surface area contributed by atoms with Crippen LogP contribution in [0.5, 0.6) is 0 Å². The molecule has 4 nitrogen and oxygen atoms in total. The average molecular weight is 231 g/mol.